The summed E-state index contributed by atoms with van der Waals surface area (Å²) in [5.41, 5.74) is 14.2. The number of ether oxygens (including phenoxy) is 2. The second-order valence-corrected chi connectivity index (χ2v) is 7.65. The van der Waals surface area contributed by atoms with Gasteiger partial charge in [0.2, 0.25) is 5.75 Å². The Hall–Kier alpha value is -3.46. The van der Waals surface area contributed by atoms with E-state index in [0.717, 1.165) is 16.5 Å². The Kier molecular flexibility index (Phi) is 6.09. The smallest absolute Gasteiger partial charge is 0.315 e. The summed E-state index contributed by atoms with van der Waals surface area (Å²) < 4.78 is 30.8. The van der Waals surface area contributed by atoms with Gasteiger partial charge >= 0.3 is 6.03 Å². The molecular weight excluding hydrogens is 439 g/mol. The lowest BCUT2D eigenvalue weighted by atomic mass is 9.99. The maximum atomic E-state index is 13.9. The largest absolute Gasteiger partial charge is 0.496 e. The number of methoxy groups -OCH3 is 1. The summed E-state index contributed by atoms with van der Waals surface area (Å²) in [6.45, 7) is 1.10. The van der Waals surface area contributed by atoms with Gasteiger partial charge in [-0.25, -0.2) is 14.2 Å². The Balaban J connectivity index is 1.57. The van der Waals surface area contributed by atoms with Crippen LogP contribution in [0.25, 0.3) is 16.5 Å². The molecule has 0 atom stereocenters. The topological polar surface area (TPSA) is 117 Å². The van der Waals surface area contributed by atoms with E-state index in [1.165, 1.54) is 19.2 Å². The van der Waals surface area contributed by atoms with Gasteiger partial charge in [0.05, 0.1) is 30.4 Å². The van der Waals surface area contributed by atoms with Gasteiger partial charge in [0.15, 0.2) is 11.4 Å². The van der Waals surface area contributed by atoms with E-state index >= 15 is 0 Å². The SMILES string of the molecule is COc1ccc(F)c(Cl)c1CCOc1c(N)ncc2c(C3=CCN(C(N)=O)CC3)coc12. The predicted molar refractivity (Wildman–Crippen MR) is 119 cm³/mol. The van der Waals surface area contributed by atoms with Gasteiger partial charge in [0, 0.05) is 36.8 Å². The fraction of sp³-hybridized carbons (Fsp3) is 0.273. The Morgan fingerprint density at radius 1 is 1.41 bits per heavy atom. The van der Waals surface area contributed by atoms with Crippen molar-refractivity contribution < 1.29 is 23.1 Å². The first-order valence-electron chi connectivity index (χ1n) is 9.93. The van der Waals surface area contributed by atoms with Gasteiger partial charge in [-0.2, -0.15) is 0 Å². The number of amides is 2. The number of aromatic nitrogens is 1. The molecular formula is C22H22ClFN4O4. The number of pyridine rings is 1. The zero-order valence-electron chi connectivity index (χ0n) is 17.4. The van der Waals surface area contributed by atoms with Crippen molar-refractivity contribution >= 4 is 40.0 Å². The van der Waals surface area contributed by atoms with Crippen LogP contribution < -0.4 is 20.9 Å². The lowest BCUT2D eigenvalue weighted by molar-refractivity contribution is 0.213. The third kappa shape index (κ3) is 4.03. The molecule has 0 unspecified atom stereocenters. The van der Waals surface area contributed by atoms with Crippen LogP contribution in [0.4, 0.5) is 15.0 Å². The summed E-state index contributed by atoms with van der Waals surface area (Å²) in [7, 11) is 1.49. The summed E-state index contributed by atoms with van der Waals surface area (Å²) in [5.74, 6) is 0.416. The van der Waals surface area contributed by atoms with Crippen LogP contribution in [-0.2, 0) is 6.42 Å². The van der Waals surface area contributed by atoms with Gasteiger partial charge in [0.25, 0.3) is 0 Å². The Morgan fingerprint density at radius 3 is 2.91 bits per heavy atom. The molecule has 4 rings (SSSR count). The lowest BCUT2D eigenvalue weighted by Gasteiger charge is -2.24. The number of halogens is 2. The number of primary amides is 1. The van der Waals surface area contributed by atoms with E-state index in [1.54, 1.807) is 17.4 Å². The molecule has 2 amide bonds. The number of nitrogens with zero attached hydrogens (tertiary/aromatic N) is 2. The Morgan fingerprint density at radius 2 is 2.22 bits per heavy atom. The van der Waals surface area contributed by atoms with Crippen molar-refractivity contribution in [2.75, 3.05) is 32.5 Å². The summed E-state index contributed by atoms with van der Waals surface area (Å²) in [5, 5.41) is 0.737. The minimum absolute atomic E-state index is 0.00761. The van der Waals surface area contributed by atoms with E-state index in [0.29, 0.717) is 42.2 Å². The third-order valence-electron chi connectivity index (χ3n) is 5.44. The second-order valence-electron chi connectivity index (χ2n) is 7.27. The maximum Gasteiger partial charge on any atom is 0.315 e. The van der Waals surface area contributed by atoms with Gasteiger partial charge in [-0.05, 0) is 24.1 Å². The molecule has 4 N–H and O–H groups in total. The highest BCUT2D eigenvalue weighted by atomic mass is 35.5. The van der Waals surface area contributed by atoms with Crippen LogP contribution in [0.2, 0.25) is 5.02 Å². The summed E-state index contributed by atoms with van der Waals surface area (Å²) >= 11 is 6.10. The van der Waals surface area contributed by atoms with Gasteiger partial charge in [0.1, 0.15) is 11.6 Å². The van der Waals surface area contributed by atoms with E-state index < -0.39 is 11.8 Å². The van der Waals surface area contributed by atoms with Gasteiger partial charge < -0.3 is 30.3 Å². The first kappa shape index (κ1) is 21.8. The number of hydrogen-bond acceptors (Lipinski definition) is 6. The second kappa shape index (κ2) is 8.96. The number of carbonyl (C=O) groups is 1. The fourth-order valence-electron chi connectivity index (χ4n) is 3.74. The van der Waals surface area contributed by atoms with Crippen LogP contribution in [0.5, 0.6) is 11.5 Å². The molecule has 32 heavy (non-hydrogen) atoms. The number of furan rings is 1. The van der Waals surface area contributed by atoms with Crippen molar-refractivity contribution in [1.82, 2.24) is 9.88 Å². The fourth-order valence-corrected chi connectivity index (χ4v) is 3.99. The molecule has 3 aromatic rings. The number of fused-ring (bicyclic) bond motifs is 1. The quantitative estimate of drug-likeness (QED) is 0.574. The number of carbonyl (C=O) groups excluding carboxylic acids is 1. The monoisotopic (exact) mass is 460 g/mol. The molecule has 0 aliphatic carbocycles. The minimum Gasteiger partial charge on any atom is -0.496 e. The molecule has 10 heteroatoms. The van der Waals surface area contributed by atoms with Crippen LogP contribution in [0, 0.1) is 5.82 Å². The number of hydrogen-bond donors (Lipinski definition) is 2. The molecule has 1 aromatic carbocycles. The average Bonchev–Trinajstić information content (AvgIpc) is 3.22. The van der Waals surface area contributed by atoms with E-state index in [2.05, 4.69) is 4.98 Å². The highest BCUT2D eigenvalue weighted by Gasteiger charge is 2.21. The third-order valence-corrected chi connectivity index (χ3v) is 5.85. The standard InChI is InChI=1S/C22H22ClFN4O4/c1-30-17-3-2-16(24)18(23)13(17)6-9-31-20-19-14(10-27-21(20)25)15(11-32-19)12-4-7-28(8-5-12)22(26)29/h2-4,10-11H,5-9H2,1H3,(H2,25,27)(H2,26,29). The van der Waals surface area contributed by atoms with Crippen molar-refractivity contribution in [3.63, 3.8) is 0 Å². The summed E-state index contributed by atoms with van der Waals surface area (Å²) in [4.78, 5) is 17.1. The first-order chi connectivity index (χ1) is 15.4. The van der Waals surface area contributed by atoms with Gasteiger partial charge in [-0.1, -0.05) is 17.7 Å². The van der Waals surface area contributed by atoms with Crippen molar-refractivity contribution in [1.29, 1.82) is 0 Å². The van der Waals surface area contributed by atoms with E-state index in [-0.39, 0.29) is 23.9 Å². The van der Waals surface area contributed by atoms with E-state index in [1.807, 2.05) is 6.08 Å². The highest BCUT2D eigenvalue weighted by molar-refractivity contribution is 6.31. The molecule has 0 saturated carbocycles. The highest BCUT2D eigenvalue weighted by Crippen LogP contribution is 2.38. The predicted octanol–water partition coefficient (Wildman–Crippen LogP) is 4.00. The van der Waals surface area contributed by atoms with Crippen molar-refractivity contribution in [2.45, 2.75) is 12.8 Å². The zero-order chi connectivity index (χ0) is 22.8. The number of rotatable bonds is 6. The summed E-state index contributed by atoms with van der Waals surface area (Å²) in [6, 6.07) is 2.32. The van der Waals surface area contributed by atoms with Crippen LogP contribution in [-0.4, -0.2) is 42.7 Å². The normalized spacial score (nSPS) is 13.8. The van der Waals surface area contributed by atoms with Crippen LogP contribution in [0.3, 0.4) is 0 Å². The molecule has 0 fully saturated rings. The van der Waals surface area contributed by atoms with E-state index in [4.69, 9.17) is 37.0 Å². The molecule has 8 nitrogen and oxygen atoms in total. The van der Waals surface area contributed by atoms with Gasteiger partial charge in [-0.3, -0.25) is 0 Å². The molecule has 0 radical (unpaired) electrons. The number of nitrogens with two attached hydrogens (primary N) is 2. The zero-order valence-corrected chi connectivity index (χ0v) is 18.1. The molecule has 168 valence electrons. The Labute approximate surface area is 188 Å². The van der Waals surface area contributed by atoms with Crippen molar-refractivity contribution in [3.05, 3.63) is 52.6 Å². The van der Waals surface area contributed by atoms with Crippen LogP contribution in [0.1, 0.15) is 17.5 Å². The van der Waals surface area contributed by atoms with E-state index in [9.17, 15) is 9.18 Å². The number of urea groups is 1. The maximum absolute atomic E-state index is 13.9. The Bertz CT molecular complexity index is 1210. The number of anilines is 1. The van der Waals surface area contributed by atoms with Crippen molar-refractivity contribution in [3.8, 4) is 11.5 Å². The van der Waals surface area contributed by atoms with Gasteiger partial charge in [-0.15, -0.1) is 0 Å². The molecule has 2 aromatic heterocycles. The lowest BCUT2D eigenvalue weighted by Crippen LogP contribution is -2.38. The number of benzene rings is 1. The molecule has 0 spiro atoms. The first-order valence-corrected chi connectivity index (χ1v) is 10.3. The molecule has 0 bridgehead atoms. The number of nitrogen functional groups attached to an aromatic ring is 1. The molecule has 1 aliphatic rings. The average molecular weight is 461 g/mol. The summed E-state index contributed by atoms with van der Waals surface area (Å²) in [6.07, 6.45) is 6.11. The molecule has 0 saturated heterocycles. The van der Waals surface area contributed by atoms with Crippen LogP contribution >= 0.6 is 11.6 Å². The molecule has 1 aliphatic heterocycles. The van der Waals surface area contributed by atoms with Crippen LogP contribution in [0.15, 0.2) is 35.1 Å². The minimum atomic E-state index is -0.530. The van der Waals surface area contributed by atoms with Crippen molar-refractivity contribution in [2.24, 2.45) is 5.73 Å². The molecule has 3 heterocycles.